The first kappa shape index (κ1) is 13.5. The molecule has 22 heavy (non-hydrogen) atoms. The van der Waals surface area contributed by atoms with Gasteiger partial charge in [-0.25, -0.2) is 4.98 Å². The minimum absolute atomic E-state index is 0.00982. The molecule has 2 heterocycles. The molecule has 0 atom stereocenters. The molecule has 1 saturated heterocycles. The van der Waals surface area contributed by atoms with Crippen molar-refractivity contribution in [2.75, 3.05) is 31.2 Å². The zero-order chi connectivity index (χ0) is 14.9. The van der Waals surface area contributed by atoms with E-state index >= 15 is 0 Å². The van der Waals surface area contributed by atoms with E-state index in [0.717, 1.165) is 48.2 Å². The minimum atomic E-state index is 0.00982. The van der Waals surface area contributed by atoms with E-state index in [0.29, 0.717) is 19.3 Å². The Kier molecular flexibility index (Phi) is 3.42. The zero-order valence-electron chi connectivity index (χ0n) is 12.4. The highest BCUT2D eigenvalue weighted by molar-refractivity contribution is 6.07. The molecule has 1 aliphatic carbocycles. The highest BCUT2D eigenvalue weighted by Crippen LogP contribution is 2.25. The highest BCUT2D eigenvalue weighted by Gasteiger charge is 2.25. The van der Waals surface area contributed by atoms with Gasteiger partial charge in [0, 0.05) is 24.5 Å². The number of morpholine rings is 1. The van der Waals surface area contributed by atoms with Crippen LogP contribution in [0.1, 0.15) is 23.2 Å². The predicted molar refractivity (Wildman–Crippen MR) is 85.3 cm³/mol. The third kappa shape index (κ3) is 2.64. The second-order valence-corrected chi connectivity index (χ2v) is 5.89. The number of benzene rings is 1. The third-order valence-corrected chi connectivity index (χ3v) is 4.19. The van der Waals surface area contributed by atoms with Crippen LogP contribution in [0.2, 0.25) is 0 Å². The smallest absolute Gasteiger partial charge is 0.252 e. The Bertz CT molecular complexity index is 706. The van der Waals surface area contributed by atoms with Crippen LogP contribution in [0, 0.1) is 0 Å². The number of hydrogen-bond donors (Lipinski definition) is 1. The Morgan fingerprint density at radius 1 is 1.23 bits per heavy atom. The zero-order valence-corrected chi connectivity index (χ0v) is 12.4. The molecule has 2 aliphatic rings. The van der Waals surface area contributed by atoms with E-state index in [1.807, 2.05) is 30.3 Å². The molecule has 114 valence electrons. The fourth-order valence-electron chi connectivity index (χ4n) is 2.79. The lowest BCUT2D eigenvalue weighted by atomic mass is 10.1. The lowest BCUT2D eigenvalue weighted by Crippen LogP contribution is -2.37. The molecule has 1 saturated carbocycles. The average Bonchev–Trinajstić information content (AvgIpc) is 3.38. The van der Waals surface area contributed by atoms with Crippen LogP contribution in [0.25, 0.3) is 10.9 Å². The van der Waals surface area contributed by atoms with E-state index in [9.17, 15) is 4.79 Å². The van der Waals surface area contributed by atoms with Crippen LogP contribution in [0.15, 0.2) is 30.3 Å². The number of rotatable bonds is 3. The molecule has 1 aromatic carbocycles. The van der Waals surface area contributed by atoms with E-state index in [4.69, 9.17) is 9.72 Å². The monoisotopic (exact) mass is 297 g/mol. The molecule has 5 nitrogen and oxygen atoms in total. The SMILES string of the molecule is O=C(NC1CC1)c1cc(N2CCOCC2)nc2ccccc12. The van der Waals surface area contributed by atoms with E-state index in [1.54, 1.807) is 0 Å². The summed E-state index contributed by atoms with van der Waals surface area (Å²) in [6.07, 6.45) is 2.18. The highest BCUT2D eigenvalue weighted by atomic mass is 16.5. The molecule has 0 bridgehead atoms. The Labute approximate surface area is 129 Å². The van der Waals surface area contributed by atoms with E-state index in [2.05, 4.69) is 10.2 Å². The summed E-state index contributed by atoms with van der Waals surface area (Å²) in [4.78, 5) is 19.5. The summed E-state index contributed by atoms with van der Waals surface area (Å²) in [6, 6.07) is 10.1. The third-order valence-electron chi connectivity index (χ3n) is 4.19. The fourth-order valence-corrected chi connectivity index (χ4v) is 2.79. The van der Waals surface area contributed by atoms with Crippen LogP contribution in [0.4, 0.5) is 5.82 Å². The van der Waals surface area contributed by atoms with Crippen LogP contribution in [-0.2, 0) is 4.74 Å². The Balaban J connectivity index is 1.76. The van der Waals surface area contributed by atoms with Gasteiger partial charge in [0.15, 0.2) is 0 Å². The molecular weight excluding hydrogens is 278 g/mol. The van der Waals surface area contributed by atoms with E-state index < -0.39 is 0 Å². The number of nitrogens with one attached hydrogen (secondary N) is 1. The lowest BCUT2D eigenvalue weighted by Gasteiger charge is -2.28. The van der Waals surface area contributed by atoms with E-state index in [-0.39, 0.29) is 5.91 Å². The molecule has 2 fully saturated rings. The van der Waals surface area contributed by atoms with Crippen molar-refractivity contribution in [3.05, 3.63) is 35.9 Å². The summed E-state index contributed by atoms with van der Waals surface area (Å²) in [5.41, 5.74) is 1.59. The molecule has 1 amide bonds. The molecule has 2 aromatic rings. The number of para-hydroxylation sites is 1. The van der Waals surface area contributed by atoms with Crippen molar-refractivity contribution >= 4 is 22.6 Å². The van der Waals surface area contributed by atoms with Gasteiger partial charge in [-0.05, 0) is 25.0 Å². The van der Waals surface area contributed by atoms with Gasteiger partial charge >= 0.3 is 0 Å². The van der Waals surface area contributed by atoms with Crippen molar-refractivity contribution in [3.63, 3.8) is 0 Å². The van der Waals surface area contributed by atoms with Crippen molar-refractivity contribution in [1.82, 2.24) is 10.3 Å². The van der Waals surface area contributed by atoms with Crippen molar-refractivity contribution in [2.24, 2.45) is 0 Å². The largest absolute Gasteiger partial charge is 0.378 e. The Morgan fingerprint density at radius 3 is 2.77 bits per heavy atom. The number of aromatic nitrogens is 1. The molecule has 1 aliphatic heterocycles. The van der Waals surface area contributed by atoms with E-state index in [1.165, 1.54) is 0 Å². The van der Waals surface area contributed by atoms with Gasteiger partial charge in [0.25, 0.3) is 5.91 Å². The average molecular weight is 297 g/mol. The van der Waals surface area contributed by atoms with Crippen molar-refractivity contribution in [1.29, 1.82) is 0 Å². The lowest BCUT2D eigenvalue weighted by molar-refractivity contribution is 0.0952. The summed E-state index contributed by atoms with van der Waals surface area (Å²) >= 11 is 0. The number of nitrogens with zero attached hydrogens (tertiary/aromatic N) is 2. The van der Waals surface area contributed by atoms with Crippen molar-refractivity contribution in [2.45, 2.75) is 18.9 Å². The molecule has 0 spiro atoms. The summed E-state index contributed by atoms with van der Waals surface area (Å²) in [5.74, 6) is 0.874. The quantitative estimate of drug-likeness (QED) is 0.941. The normalized spacial score (nSPS) is 18.5. The van der Waals surface area contributed by atoms with Crippen LogP contribution < -0.4 is 10.2 Å². The number of hydrogen-bond acceptors (Lipinski definition) is 4. The van der Waals surface area contributed by atoms with Gasteiger partial charge in [-0.15, -0.1) is 0 Å². The maximum atomic E-state index is 12.6. The van der Waals surface area contributed by atoms with Crippen LogP contribution >= 0.6 is 0 Å². The Hall–Kier alpha value is -2.14. The van der Waals surface area contributed by atoms with Gasteiger partial charge in [-0.1, -0.05) is 18.2 Å². The number of carbonyl (C=O) groups is 1. The number of amides is 1. The maximum Gasteiger partial charge on any atom is 0.252 e. The van der Waals surface area contributed by atoms with Gasteiger partial charge in [-0.2, -0.15) is 0 Å². The summed E-state index contributed by atoms with van der Waals surface area (Å²) in [6.45, 7) is 3.04. The van der Waals surface area contributed by atoms with Gasteiger partial charge in [0.2, 0.25) is 0 Å². The molecule has 1 aromatic heterocycles. The van der Waals surface area contributed by atoms with Gasteiger partial charge < -0.3 is 15.0 Å². The van der Waals surface area contributed by atoms with Crippen LogP contribution in [0.5, 0.6) is 0 Å². The maximum absolute atomic E-state index is 12.6. The summed E-state index contributed by atoms with van der Waals surface area (Å²) in [7, 11) is 0. The predicted octanol–water partition coefficient (Wildman–Crippen LogP) is 1.96. The van der Waals surface area contributed by atoms with Crippen molar-refractivity contribution in [3.8, 4) is 0 Å². The molecule has 4 rings (SSSR count). The molecular formula is C17H19N3O2. The van der Waals surface area contributed by atoms with Crippen LogP contribution in [-0.4, -0.2) is 43.2 Å². The standard InChI is InChI=1S/C17H19N3O2/c21-17(18-12-5-6-12)14-11-16(20-7-9-22-10-8-20)19-15-4-2-1-3-13(14)15/h1-4,11-12H,5-10H2,(H,18,21). The second kappa shape index (κ2) is 5.57. The first-order valence-corrected chi connectivity index (χ1v) is 7.84. The molecule has 0 unspecified atom stereocenters. The summed E-state index contributed by atoms with van der Waals surface area (Å²) < 4.78 is 5.40. The minimum Gasteiger partial charge on any atom is -0.378 e. The number of fused-ring (bicyclic) bond motifs is 1. The number of carbonyl (C=O) groups excluding carboxylic acids is 1. The van der Waals surface area contributed by atoms with Gasteiger partial charge in [0.1, 0.15) is 5.82 Å². The second-order valence-electron chi connectivity index (χ2n) is 5.89. The molecule has 0 radical (unpaired) electrons. The van der Waals surface area contributed by atoms with Crippen LogP contribution in [0.3, 0.4) is 0 Å². The number of anilines is 1. The Morgan fingerprint density at radius 2 is 2.00 bits per heavy atom. The number of ether oxygens (including phenoxy) is 1. The number of pyridine rings is 1. The van der Waals surface area contributed by atoms with Crippen molar-refractivity contribution < 1.29 is 9.53 Å². The van der Waals surface area contributed by atoms with Gasteiger partial charge in [-0.3, -0.25) is 4.79 Å². The first-order valence-electron chi connectivity index (χ1n) is 7.84. The van der Waals surface area contributed by atoms with Gasteiger partial charge in [0.05, 0.1) is 24.3 Å². The summed E-state index contributed by atoms with van der Waals surface area (Å²) in [5, 5.41) is 4.00. The molecule has 5 heteroatoms. The topological polar surface area (TPSA) is 54.5 Å². The first-order chi connectivity index (χ1) is 10.8. The fraction of sp³-hybridized carbons (Fsp3) is 0.412. The molecule has 1 N–H and O–H groups in total.